The molecule has 0 unspecified atom stereocenters. The zero-order valence-electron chi connectivity index (χ0n) is 11.0. The number of hydrogen-bond acceptors (Lipinski definition) is 4. The van der Waals surface area contributed by atoms with Crippen molar-refractivity contribution in [2.45, 2.75) is 6.54 Å². The number of anilines is 1. The van der Waals surface area contributed by atoms with Gasteiger partial charge in [0.05, 0.1) is 12.8 Å². The molecule has 0 bridgehead atoms. The van der Waals surface area contributed by atoms with Crippen LogP contribution in [0, 0.1) is 0 Å². The second kappa shape index (κ2) is 5.63. The molecule has 5 heteroatoms. The predicted molar refractivity (Wildman–Crippen MR) is 80.6 cm³/mol. The number of fused-ring (bicyclic) bond motifs is 1. The molecule has 0 aliphatic carbocycles. The second-order valence-corrected chi connectivity index (χ2v) is 5.30. The molecule has 0 aromatic heterocycles. The van der Waals surface area contributed by atoms with Gasteiger partial charge in [-0.3, -0.25) is 0 Å². The molecule has 1 heterocycles. The van der Waals surface area contributed by atoms with E-state index in [-0.39, 0.29) is 0 Å². The van der Waals surface area contributed by atoms with Gasteiger partial charge in [-0.15, -0.1) is 0 Å². The fourth-order valence-corrected chi connectivity index (χ4v) is 2.43. The molecule has 0 atom stereocenters. The maximum atomic E-state index is 5.37. The van der Waals surface area contributed by atoms with Crippen LogP contribution >= 0.6 is 15.9 Å². The van der Waals surface area contributed by atoms with Crippen molar-refractivity contribution in [2.24, 2.45) is 0 Å². The Morgan fingerprint density at radius 2 is 2.00 bits per heavy atom. The molecule has 104 valence electrons. The fourth-order valence-electron chi connectivity index (χ4n) is 2.07. The minimum atomic E-state index is 0.297. The maximum Gasteiger partial charge on any atom is 0.231 e. The minimum absolute atomic E-state index is 0.297. The van der Waals surface area contributed by atoms with E-state index >= 15 is 0 Å². The van der Waals surface area contributed by atoms with E-state index in [1.54, 1.807) is 7.11 Å². The van der Waals surface area contributed by atoms with Crippen molar-refractivity contribution in [1.29, 1.82) is 0 Å². The van der Waals surface area contributed by atoms with Gasteiger partial charge in [0.25, 0.3) is 0 Å². The number of ether oxygens (including phenoxy) is 3. The van der Waals surface area contributed by atoms with Crippen molar-refractivity contribution < 1.29 is 14.2 Å². The average molecular weight is 336 g/mol. The third-order valence-electron chi connectivity index (χ3n) is 3.08. The van der Waals surface area contributed by atoms with Crippen LogP contribution in [0.4, 0.5) is 5.69 Å². The van der Waals surface area contributed by atoms with Crippen LogP contribution in [-0.4, -0.2) is 13.9 Å². The number of benzene rings is 2. The normalized spacial score (nSPS) is 12.3. The van der Waals surface area contributed by atoms with Gasteiger partial charge >= 0.3 is 0 Å². The Morgan fingerprint density at radius 1 is 1.15 bits per heavy atom. The monoisotopic (exact) mass is 335 g/mol. The Hall–Kier alpha value is -1.88. The van der Waals surface area contributed by atoms with E-state index < -0.39 is 0 Å². The predicted octanol–water partition coefficient (Wildman–Crippen LogP) is 3.80. The van der Waals surface area contributed by atoms with Gasteiger partial charge in [-0.2, -0.15) is 0 Å². The van der Waals surface area contributed by atoms with Crippen molar-refractivity contribution in [3.05, 3.63) is 46.4 Å². The number of halogens is 1. The third kappa shape index (κ3) is 2.67. The molecule has 2 aromatic carbocycles. The third-order valence-corrected chi connectivity index (χ3v) is 3.57. The minimum Gasteiger partial charge on any atom is -0.495 e. The highest BCUT2D eigenvalue weighted by Gasteiger charge is 2.13. The molecule has 0 amide bonds. The molecule has 0 fully saturated rings. The fraction of sp³-hybridized carbons (Fsp3) is 0.200. The lowest BCUT2D eigenvalue weighted by Gasteiger charge is -2.12. The summed E-state index contributed by atoms with van der Waals surface area (Å²) in [4.78, 5) is 0. The van der Waals surface area contributed by atoms with Crippen molar-refractivity contribution >= 4 is 21.6 Å². The van der Waals surface area contributed by atoms with Crippen LogP contribution in [0.2, 0.25) is 0 Å². The molecule has 0 radical (unpaired) electrons. The summed E-state index contributed by atoms with van der Waals surface area (Å²) in [6, 6.07) is 11.8. The van der Waals surface area contributed by atoms with Crippen molar-refractivity contribution in [2.75, 3.05) is 19.2 Å². The van der Waals surface area contributed by atoms with E-state index in [4.69, 9.17) is 14.2 Å². The van der Waals surface area contributed by atoms with E-state index in [2.05, 4.69) is 21.2 Å². The van der Waals surface area contributed by atoms with Gasteiger partial charge in [-0.1, -0.05) is 22.0 Å². The number of hydrogen-bond donors (Lipinski definition) is 1. The first-order valence-electron chi connectivity index (χ1n) is 6.22. The van der Waals surface area contributed by atoms with Crippen molar-refractivity contribution in [3.8, 4) is 17.2 Å². The smallest absolute Gasteiger partial charge is 0.231 e. The SMILES string of the molecule is COc1ccc(Br)cc1NCc1ccc2c(c1)OCO2. The zero-order chi connectivity index (χ0) is 13.9. The molecule has 2 aromatic rings. The molecule has 1 aliphatic rings. The molecule has 1 aliphatic heterocycles. The van der Waals surface area contributed by atoms with Crippen LogP contribution < -0.4 is 19.5 Å². The Bertz CT molecular complexity index is 631. The first-order chi connectivity index (χ1) is 9.76. The number of nitrogens with one attached hydrogen (secondary N) is 1. The lowest BCUT2D eigenvalue weighted by Crippen LogP contribution is -2.01. The number of methoxy groups -OCH3 is 1. The molecule has 0 spiro atoms. The summed E-state index contributed by atoms with van der Waals surface area (Å²) >= 11 is 3.46. The standard InChI is InChI=1S/C15H14BrNO3/c1-18-13-5-3-11(16)7-12(13)17-8-10-2-4-14-15(6-10)20-9-19-14/h2-7,17H,8-9H2,1H3. The van der Waals surface area contributed by atoms with E-state index in [0.717, 1.165) is 33.0 Å². The summed E-state index contributed by atoms with van der Waals surface area (Å²) in [6.45, 7) is 0.981. The lowest BCUT2D eigenvalue weighted by molar-refractivity contribution is 0.174. The first kappa shape index (κ1) is 13.1. The van der Waals surface area contributed by atoms with Gasteiger partial charge in [0.1, 0.15) is 5.75 Å². The topological polar surface area (TPSA) is 39.7 Å². The van der Waals surface area contributed by atoms with Gasteiger partial charge in [0, 0.05) is 11.0 Å². The van der Waals surface area contributed by atoms with Crippen LogP contribution in [0.15, 0.2) is 40.9 Å². The Morgan fingerprint density at radius 3 is 2.85 bits per heavy atom. The average Bonchev–Trinajstić information content (AvgIpc) is 2.92. The first-order valence-corrected chi connectivity index (χ1v) is 7.01. The summed E-state index contributed by atoms with van der Waals surface area (Å²) in [5.41, 5.74) is 2.07. The Labute approximate surface area is 125 Å². The Kier molecular flexibility index (Phi) is 3.69. The van der Waals surface area contributed by atoms with Crippen LogP contribution in [0.3, 0.4) is 0 Å². The highest BCUT2D eigenvalue weighted by molar-refractivity contribution is 9.10. The lowest BCUT2D eigenvalue weighted by atomic mass is 10.2. The molecular weight excluding hydrogens is 322 g/mol. The van der Waals surface area contributed by atoms with Crippen molar-refractivity contribution in [1.82, 2.24) is 0 Å². The van der Waals surface area contributed by atoms with Crippen LogP contribution in [-0.2, 0) is 6.54 Å². The molecular formula is C15H14BrNO3. The molecule has 0 saturated heterocycles. The van der Waals surface area contributed by atoms with E-state index in [0.29, 0.717) is 13.3 Å². The summed E-state index contributed by atoms with van der Waals surface area (Å²) < 4.78 is 17.0. The van der Waals surface area contributed by atoms with Crippen molar-refractivity contribution in [3.63, 3.8) is 0 Å². The van der Waals surface area contributed by atoms with Gasteiger partial charge in [0.2, 0.25) is 6.79 Å². The summed E-state index contributed by atoms with van der Waals surface area (Å²) in [7, 11) is 1.66. The molecule has 0 saturated carbocycles. The van der Waals surface area contributed by atoms with Gasteiger partial charge in [0.15, 0.2) is 11.5 Å². The zero-order valence-corrected chi connectivity index (χ0v) is 12.6. The molecule has 20 heavy (non-hydrogen) atoms. The van der Waals surface area contributed by atoms with E-state index in [9.17, 15) is 0 Å². The van der Waals surface area contributed by atoms with Gasteiger partial charge < -0.3 is 19.5 Å². The summed E-state index contributed by atoms with van der Waals surface area (Å²) in [5.74, 6) is 2.41. The maximum absolute atomic E-state index is 5.37. The molecule has 4 nitrogen and oxygen atoms in total. The Balaban J connectivity index is 1.75. The van der Waals surface area contributed by atoms with Gasteiger partial charge in [-0.05, 0) is 35.9 Å². The second-order valence-electron chi connectivity index (χ2n) is 4.39. The summed E-state index contributed by atoms with van der Waals surface area (Å²) in [5, 5.41) is 3.36. The van der Waals surface area contributed by atoms with E-state index in [1.165, 1.54) is 0 Å². The molecule has 3 rings (SSSR count). The number of rotatable bonds is 4. The van der Waals surface area contributed by atoms with Crippen LogP contribution in [0.5, 0.6) is 17.2 Å². The highest BCUT2D eigenvalue weighted by atomic mass is 79.9. The van der Waals surface area contributed by atoms with E-state index in [1.807, 2.05) is 36.4 Å². The van der Waals surface area contributed by atoms with Crippen LogP contribution in [0.1, 0.15) is 5.56 Å². The molecule has 1 N–H and O–H groups in total. The quantitative estimate of drug-likeness (QED) is 0.922. The van der Waals surface area contributed by atoms with Crippen LogP contribution in [0.25, 0.3) is 0 Å². The largest absolute Gasteiger partial charge is 0.495 e. The summed E-state index contributed by atoms with van der Waals surface area (Å²) in [6.07, 6.45) is 0. The van der Waals surface area contributed by atoms with Gasteiger partial charge in [-0.25, -0.2) is 0 Å². The highest BCUT2D eigenvalue weighted by Crippen LogP contribution is 2.33.